The highest BCUT2D eigenvalue weighted by molar-refractivity contribution is 5.88. The molecule has 5 aliphatic carbocycles. The minimum atomic E-state index is -2.39. The van der Waals surface area contributed by atoms with Crippen LogP contribution in [0, 0.1) is 50.2 Å². The molecule has 1 aromatic carbocycles. The van der Waals surface area contributed by atoms with Gasteiger partial charge in [0.1, 0.15) is 121 Å². The van der Waals surface area contributed by atoms with Gasteiger partial charge >= 0.3 is 23.9 Å². The summed E-state index contributed by atoms with van der Waals surface area (Å²) in [5.41, 5.74) is -6.00. The van der Waals surface area contributed by atoms with Crippen LogP contribution in [0.5, 0.6) is 0 Å². The van der Waals surface area contributed by atoms with Crippen molar-refractivity contribution in [2.75, 3.05) is 13.2 Å². The molecule has 2 bridgehead atoms. The molecule has 33 nitrogen and oxygen atoms in total. The molecule has 6 saturated heterocycles. The summed E-state index contributed by atoms with van der Waals surface area (Å²) < 4.78 is 89.1. The first-order valence-corrected chi connectivity index (χ1v) is 37.9. The molecule has 33 heteroatoms. The molecular weight excluding hydrogens is 1440 g/mol. The van der Waals surface area contributed by atoms with Crippen LogP contribution >= 0.6 is 0 Å². The lowest BCUT2D eigenvalue weighted by molar-refractivity contribution is -0.412. The van der Waals surface area contributed by atoms with Crippen molar-refractivity contribution in [3.05, 3.63) is 53.6 Å². The topological polar surface area (TPSA) is 501 Å². The van der Waals surface area contributed by atoms with Crippen molar-refractivity contribution in [1.29, 1.82) is 0 Å². The number of benzene rings is 1. The van der Waals surface area contributed by atoms with Crippen molar-refractivity contribution in [3.8, 4) is 0 Å². The Kier molecular flexibility index (Phi) is 24.1. The van der Waals surface area contributed by atoms with Gasteiger partial charge in [-0.3, -0.25) is 4.79 Å². The third-order valence-corrected chi connectivity index (χ3v) is 27.6. The number of allylic oxidation sites excluding steroid dienone is 1. The van der Waals surface area contributed by atoms with Crippen molar-refractivity contribution >= 4 is 30.0 Å². The van der Waals surface area contributed by atoms with E-state index in [0.29, 0.717) is 37.7 Å². The molecule has 14 unspecified atom stereocenters. The molecule has 6 aliphatic heterocycles. The molecule has 11 aliphatic rings. The number of carboxylic acids is 1. The molecule has 614 valence electrons. The molecule has 15 N–H and O–H groups in total. The van der Waals surface area contributed by atoms with Crippen molar-refractivity contribution in [1.82, 2.24) is 0 Å². The summed E-state index contributed by atoms with van der Waals surface area (Å²) in [5.74, 6) is -5.01. The Labute approximate surface area is 631 Å². The molecule has 6 heterocycles. The summed E-state index contributed by atoms with van der Waals surface area (Å²) in [6.45, 7) is 19.7. The lowest BCUT2D eigenvalue weighted by Crippen LogP contribution is -2.77. The second-order valence-corrected chi connectivity index (χ2v) is 34.2. The van der Waals surface area contributed by atoms with Gasteiger partial charge in [0.05, 0.1) is 37.1 Å². The maximum atomic E-state index is 14.5. The Bertz CT molecular complexity index is 3470. The van der Waals surface area contributed by atoms with Gasteiger partial charge in [0, 0.05) is 35.3 Å². The number of hydrogen-bond donors (Lipinski definition) is 15. The average Bonchev–Trinajstić information content (AvgIpc) is 1.53. The summed E-state index contributed by atoms with van der Waals surface area (Å²) in [7, 11) is 0. The van der Waals surface area contributed by atoms with Crippen LogP contribution in [0.4, 0.5) is 0 Å². The van der Waals surface area contributed by atoms with Crippen LogP contribution < -0.4 is 0 Å². The predicted octanol–water partition coefficient (Wildman–Crippen LogP) is -0.767. The van der Waals surface area contributed by atoms with Crippen LogP contribution in [0.3, 0.4) is 0 Å². The van der Waals surface area contributed by atoms with Crippen LogP contribution in [0.1, 0.15) is 140 Å². The van der Waals surface area contributed by atoms with E-state index in [9.17, 15) is 95.8 Å². The van der Waals surface area contributed by atoms with Crippen molar-refractivity contribution in [2.24, 2.45) is 50.2 Å². The van der Waals surface area contributed by atoms with Crippen LogP contribution in [0.25, 0.3) is 6.08 Å². The number of esters is 3. The number of carbonyl (C=O) groups excluding carboxylic acids is 3. The Morgan fingerprint density at radius 3 is 1.67 bits per heavy atom. The monoisotopic (exact) mass is 1550 g/mol. The number of carbonyl (C=O) groups is 4. The zero-order chi connectivity index (χ0) is 79.6. The SMILES string of the molecule is C/C=C(/C)C(=O)O[C@H]1[C@H](OC(=O)/C=C/c2ccccc2)[C@@]23C(CC1(C)C)[C@]1(CCC4[C@@]5(C)CC[C@H](O[C@@H]6OC(C(=O)O)[C@@H](O)C(O[C@@H]7OC(CO)[C@H](O)C(O)[C@@H]7OC7O[C@@H](C)C(O)[C@H](O)C7OC7O[C@@H](C)[C@H](O)C(O)[C@@H]7O)[C@@H]6O[C@@H]6OC(CO)[C@@H](O)C(O)[C@@H]6O)C(C)(C)C5CC[C@@]4(C)[C@]1(C)C[C@H]2OC(C)=O)O[C@@H]3O. The number of aliphatic hydroxyl groups excluding tert-OH is 14. The van der Waals surface area contributed by atoms with Gasteiger partial charge in [-0.2, -0.15) is 0 Å². The highest BCUT2D eigenvalue weighted by Crippen LogP contribution is 2.82. The van der Waals surface area contributed by atoms with E-state index in [1.54, 1.807) is 38.1 Å². The van der Waals surface area contributed by atoms with Crippen molar-refractivity contribution in [2.45, 2.75) is 324 Å². The van der Waals surface area contributed by atoms with Gasteiger partial charge in [0.2, 0.25) is 0 Å². The molecule has 0 aromatic heterocycles. The van der Waals surface area contributed by atoms with E-state index in [1.807, 2.05) is 45.9 Å². The Hall–Kier alpha value is -4.42. The smallest absolute Gasteiger partial charge is 0.335 e. The minimum Gasteiger partial charge on any atom is -0.479 e. The Morgan fingerprint density at radius 2 is 1.06 bits per heavy atom. The van der Waals surface area contributed by atoms with Crippen molar-refractivity contribution in [3.63, 3.8) is 0 Å². The van der Waals surface area contributed by atoms with Crippen LogP contribution in [0.2, 0.25) is 0 Å². The normalized spacial score (nSPS) is 50.1. The minimum absolute atomic E-state index is 0.119. The van der Waals surface area contributed by atoms with E-state index in [1.165, 1.54) is 26.8 Å². The van der Waals surface area contributed by atoms with Crippen LogP contribution in [-0.2, 0) is 85.5 Å². The molecule has 11 fully saturated rings. The van der Waals surface area contributed by atoms with Gasteiger partial charge in [0.25, 0.3) is 0 Å². The second-order valence-electron chi connectivity index (χ2n) is 34.2. The van der Waals surface area contributed by atoms with Crippen molar-refractivity contribution < 1.29 is 162 Å². The number of rotatable bonds is 19. The predicted molar refractivity (Wildman–Crippen MR) is 369 cm³/mol. The maximum Gasteiger partial charge on any atom is 0.335 e. The average molecular weight is 1550 g/mol. The largest absolute Gasteiger partial charge is 0.479 e. The fourth-order valence-corrected chi connectivity index (χ4v) is 21.5. The van der Waals surface area contributed by atoms with E-state index >= 15 is 0 Å². The van der Waals surface area contributed by atoms with E-state index < -0.39 is 265 Å². The zero-order valence-corrected chi connectivity index (χ0v) is 63.3. The van der Waals surface area contributed by atoms with Gasteiger partial charge in [-0.15, -0.1) is 0 Å². The zero-order valence-electron chi connectivity index (χ0n) is 63.3. The summed E-state index contributed by atoms with van der Waals surface area (Å²) >= 11 is 0. The van der Waals surface area contributed by atoms with Gasteiger partial charge in [-0.25, -0.2) is 14.4 Å². The van der Waals surface area contributed by atoms with Crippen LogP contribution in [0.15, 0.2) is 48.1 Å². The highest BCUT2D eigenvalue weighted by atomic mass is 16.8. The first-order chi connectivity index (χ1) is 51.1. The number of aliphatic carboxylic acids is 1. The molecule has 12 rings (SSSR count). The molecule has 1 aromatic rings. The van der Waals surface area contributed by atoms with Gasteiger partial charge in [0.15, 0.2) is 49.9 Å². The first-order valence-electron chi connectivity index (χ1n) is 37.9. The van der Waals surface area contributed by atoms with Gasteiger partial charge in [-0.05, 0) is 119 Å². The van der Waals surface area contributed by atoms with E-state index in [0.717, 1.165) is 0 Å². The molecule has 5 saturated carbocycles. The third-order valence-electron chi connectivity index (χ3n) is 27.6. The quantitative estimate of drug-likeness (QED) is 0.0350. The summed E-state index contributed by atoms with van der Waals surface area (Å²) in [5, 5.41) is 170. The number of hydrogen-bond acceptors (Lipinski definition) is 32. The third kappa shape index (κ3) is 14.1. The number of fused-ring (bicyclic) bond motifs is 4. The summed E-state index contributed by atoms with van der Waals surface area (Å²) in [4.78, 5) is 55.9. The number of ether oxygens (including phenoxy) is 14. The Balaban J connectivity index is 0.872. The fraction of sp³-hybridized carbons (Fsp3) is 0.816. The second kappa shape index (κ2) is 31.3. The van der Waals surface area contributed by atoms with E-state index in [-0.39, 0.29) is 36.7 Å². The highest BCUT2D eigenvalue weighted by Gasteiger charge is 2.87. The Morgan fingerprint density at radius 1 is 0.523 bits per heavy atom. The molecule has 38 atom stereocenters. The maximum absolute atomic E-state index is 14.5. The molecular formula is C76H112O33. The molecule has 0 radical (unpaired) electrons. The lowest BCUT2D eigenvalue weighted by Gasteiger charge is -2.75. The lowest BCUT2D eigenvalue weighted by atomic mass is 9.30. The first kappa shape index (κ1) is 84.0. The molecule has 109 heavy (non-hydrogen) atoms. The standard InChI is InChI=1S/C76H112O33/c1-13-31(2)63(94)108-60-61(102-43(80)20-19-35-17-15-14-16-18-35)76-40(27-70(60,6)7)75(109-69(76)95)26-22-39-72(10)24-23-41(71(8,9)38(72)21-25-73(39,11)74(75,12)28-42(76)98-34(5)79)101-68-59(107-65-53(90)49(86)46(83)36(29-77)99-65)55(54(91)56(104-68)62(92)93)103-67-58(51(88)47(84)37(30-78)100-67)106-66-57(50(87)45(82)33(4)97-66)105-64-52(89)48(85)44(81)32(3)96-64/h13-20,32-33,36-42,44-61,64-69,77-78,81-91,95H,21-30H2,1-12H3,(H,92,93)/b20-19+,31-13-/t32-,33-,36?,37?,38?,39?,40?,41-,42+,44-,45?,46+,47-,48?,49?,50-,51?,52-,53-,54-,55?,56?,57?,58-,59-,60-,61-,64?,65-,66?,67-,68+,69-,72-,73+,74-,75-,76+/m0/s1. The van der Waals surface area contributed by atoms with Gasteiger partial charge in [-0.1, -0.05) is 84.9 Å². The molecule has 0 amide bonds. The van der Waals surface area contributed by atoms with Gasteiger partial charge < -0.3 is 143 Å². The number of carboxylic acid groups (broad SMARTS) is 1. The number of aliphatic hydroxyl groups is 14. The fourth-order valence-electron chi connectivity index (χ4n) is 21.5. The van der Waals surface area contributed by atoms with E-state index in [2.05, 4.69) is 20.8 Å². The van der Waals surface area contributed by atoms with E-state index in [4.69, 9.17) is 66.3 Å². The summed E-state index contributed by atoms with van der Waals surface area (Å²) in [6, 6.07) is 9.07. The summed E-state index contributed by atoms with van der Waals surface area (Å²) in [6.07, 6.45) is -47.7. The molecule has 1 spiro atoms. The van der Waals surface area contributed by atoms with Crippen LogP contribution in [-0.4, -0.2) is 304 Å².